The van der Waals surface area contributed by atoms with E-state index in [0.717, 1.165) is 0 Å². The van der Waals surface area contributed by atoms with Crippen LogP contribution in [0.4, 0.5) is 5.82 Å². The van der Waals surface area contributed by atoms with Crippen molar-refractivity contribution < 1.29 is 24.1 Å². The molecule has 3 rings (SSSR count). The molecule has 0 spiro atoms. The minimum atomic E-state index is -0.785. The lowest BCUT2D eigenvalue weighted by Gasteiger charge is -2.24. The predicted octanol–water partition coefficient (Wildman–Crippen LogP) is -1.03. The van der Waals surface area contributed by atoms with Gasteiger partial charge in [-0.05, 0) is 13.8 Å². The molecule has 2 aliphatic rings. The molecule has 9 nitrogen and oxygen atoms in total. The first-order chi connectivity index (χ1) is 9.84. The van der Waals surface area contributed by atoms with Crippen LogP contribution < -0.4 is 11.5 Å². The van der Waals surface area contributed by atoms with Gasteiger partial charge in [0.05, 0.1) is 12.9 Å². The number of nitrogens with two attached hydrogens (primary N) is 2. The number of fused-ring (bicyclic) bond motifs is 1. The van der Waals surface area contributed by atoms with Crippen LogP contribution in [-0.4, -0.2) is 51.3 Å². The van der Waals surface area contributed by atoms with Crippen LogP contribution in [0.1, 0.15) is 30.6 Å². The largest absolute Gasteiger partial charge is 0.394 e. The van der Waals surface area contributed by atoms with Crippen LogP contribution in [-0.2, 0) is 14.2 Å². The number of carbonyl (C=O) groups excluding carboxylic acids is 1. The Bertz CT molecular complexity index is 572. The number of aliphatic hydroxyl groups excluding tert-OH is 1. The maximum atomic E-state index is 11.2. The molecule has 21 heavy (non-hydrogen) atoms. The smallest absolute Gasteiger partial charge is 0.271 e. The minimum absolute atomic E-state index is 0.0271. The molecule has 2 aliphatic heterocycles. The maximum absolute atomic E-state index is 11.2. The van der Waals surface area contributed by atoms with Gasteiger partial charge in [-0.25, -0.2) is 4.98 Å². The molecule has 1 amide bonds. The molecule has 3 heterocycles. The summed E-state index contributed by atoms with van der Waals surface area (Å²) in [4.78, 5) is 15.1. The average molecular weight is 298 g/mol. The van der Waals surface area contributed by atoms with Crippen molar-refractivity contribution in [1.82, 2.24) is 9.55 Å². The number of aliphatic hydroxyl groups is 1. The van der Waals surface area contributed by atoms with Crippen LogP contribution in [0.5, 0.6) is 0 Å². The van der Waals surface area contributed by atoms with Crippen LogP contribution in [0.3, 0.4) is 0 Å². The van der Waals surface area contributed by atoms with Crippen LogP contribution >= 0.6 is 0 Å². The molecule has 0 radical (unpaired) electrons. The van der Waals surface area contributed by atoms with Gasteiger partial charge in [0.2, 0.25) is 0 Å². The van der Waals surface area contributed by atoms with Gasteiger partial charge >= 0.3 is 0 Å². The van der Waals surface area contributed by atoms with Crippen LogP contribution in [0, 0.1) is 0 Å². The van der Waals surface area contributed by atoms with E-state index in [4.69, 9.17) is 25.7 Å². The Morgan fingerprint density at radius 1 is 1.48 bits per heavy atom. The molecule has 9 heteroatoms. The van der Waals surface area contributed by atoms with E-state index < -0.39 is 36.2 Å². The van der Waals surface area contributed by atoms with Crippen molar-refractivity contribution in [2.45, 2.75) is 44.2 Å². The maximum Gasteiger partial charge on any atom is 0.271 e. The lowest BCUT2D eigenvalue weighted by molar-refractivity contribution is -0.199. The van der Waals surface area contributed by atoms with E-state index in [1.165, 1.54) is 10.9 Å². The molecule has 0 unspecified atom stereocenters. The van der Waals surface area contributed by atoms with Gasteiger partial charge in [-0.1, -0.05) is 0 Å². The van der Waals surface area contributed by atoms with Gasteiger partial charge in [0, 0.05) is 0 Å². The Hall–Kier alpha value is -1.68. The second-order valence-electron chi connectivity index (χ2n) is 5.56. The fraction of sp³-hybridized carbons (Fsp3) is 0.667. The molecule has 116 valence electrons. The van der Waals surface area contributed by atoms with E-state index >= 15 is 0 Å². The van der Waals surface area contributed by atoms with E-state index in [1.54, 1.807) is 13.8 Å². The van der Waals surface area contributed by atoms with Crippen molar-refractivity contribution in [3.05, 3.63) is 12.0 Å². The van der Waals surface area contributed by atoms with E-state index in [-0.39, 0.29) is 18.1 Å². The topological polar surface area (TPSA) is 135 Å². The number of aromatic nitrogens is 2. The molecule has 5 N–H and O–H groups in total. The van der Waals surface area contributed by atoms with Crippen molar-refractivity contribution in [3.63, 3.8) is 0 Å². The van der Waals surface area contributed by atoms with Crippen molar-refractivity contribution in [3.8, 4) is 0 Å². The first kappa shape index (κ1) is 14.3. The van der Waals surface area contributed by atoms with Gasteiger partial charge in [-0.15, -0.1) is 0 Å². The van der Waals surface area contributed by atoms with Crippen molar-refractivity contribution in [1.29, 1.82) is 0 Å². The van der Waals surface area contributed by atoms with E-state index in [9.17, 15) is 9.90 Å². The summed E-state index contributed by atoms with van der Waals surface area (Å²) in [6.07, 6.45) is -0.704. The summed E-state index contributed by atoms with van der Waals surface area (Å²) in [5.41, 5.74) is 11.1. The highest BCUT2D eigenvalue weighted by Gasteiger charge is 2.56. The Labute approximate surface area is 120 Å². The number of rotatable bonds is 3. The number of imidazole rings is 1. The Kier molecular flexibility index (Phi) is 3.17. The van der Waals surface area contributed by atoms with Gasteiger partial charge < -0.3 is 30.8 Å². The highest BCUT2D eigenvalue weighted by Crippen LogP contribution is 2.43. The van der Waals surface area contributed by atoms with Crippen LogP contribution in [0.15, 0.2) is 6.33 Å². The van der Waals surface area contributed by atoms with Crippen molar-refractivity contribution >= 4 is 11.7 Å². The second kappa shape index (κ2) is 4.67. The zero-order valence-electron chi connectivity index (χ0n) is 11.7. The number of nitrogen functional groups attached to an aromatic ring is 1. The average Bonchev–Trinajstić information content (AvgIpc) is 3.00. The van der Waals surface area contributed by atoms with Gasteiger partial charge in [0.25, 0.3) is 5.91 Å². The summed E-state index contributed by atoms with van der Waals surface area (Å²) < 4.78 is 18.8. The SMILES string of the molecule is CC1(C)O[C@H]2[C@H](O1)[C@@H](n1cnc(C(N)=O)c1N)O[C@H]2CO. The van der Waals surface area contributed by atoms with E-state index in [1.807, 2.05) is 0 Å². The second-order valence-corrected chi connectivity index (χ2v) is 5.56. The third-order valence-electron chi connectivity index (χ3n) is 3.64. The zero-order valence-corrected chi connectivity index (χ0v) is 11.7. The standard InChI is InChI=1S/C12H18N4O5/c1-12(2)20-7-5(3-17)19-11(8(7)21-12)16-4-15-6(9(16)13)10(14)18/h4-5,7-8,11,17H,3,13H2,1-2H3,(H2,14,18)/t5-,7+,8-,11-/m0/s1. The Morgan fingerprint density at radius 2 is 2.14 bits per heavy atom. The molecular weight excluding hydrogens is 280 g/mol. The summed E-state index contributed by atoms with van der Waals surface area (Å²) in [5.74, 6) is -1.41. The molecule has 0 aliphatic carbocycles. The van der Waals surface area contributed by atoms with Crippen LogP contribution in [0.2, 0.25) is 0 Å². The zero-order chi connectivity index (χ0) is 15.4. The Balaban J connectivity index is 1.94. The molecule has 0 bridgehead atoms. The number of nitrogens with zero attached hydrogens (tertiary/aromatic N) is 2. The number of primary amides is 1. The van der Waals surface area contributed by atoms with E-state index in [2.05, 4.69) is 4.98 Å². The normalized spacial score (nSPS) is 34.0. The summed E-state index contributed by atoms with van der Waals surface area (Å²) in [7, 11) is 0. The molecule has 0 saturated carbocycles. The molecule has 1 aromatic heterocycles. The number of anilines is 1. The monoisotopic (exact) mass is 298 g/mol. The summed E-state index contributed by atoms with van der Waals surface area (Å²) in [6.45, 7) is 3.35. The molecule has 0 aromatic carbocycles. The summed E-state index contributed by atoms with van der Waals surface area (Å²) in [5, 5.41) is 9.42. The summed E-state index contributed by atoms with van der Waals surface area (Å²) >= 11 is 0. The molecule has 4 atom stereocenters. The quantitative estimate of drug-likeness (QED) is 0.649. The highest BCUT2D eigenvalue weighted by molar-refractivity contribution is 5.95. The predicted molar refractivity (Wildman–Crippen MR) is 70.0 cm³/mol. The van der Waals surface area contributed by atoms with Crippen molar-refractivity contribution in [2.24, 2.45) is 5.73 Å². The van der Waals surface area contributed by atoms with Gasteiger partial charge in [-0.2, -0.15) is 0 Å². The Morgan fingerprint density at radius 3 is 2.71 bits per heavy atom. The van der Waals surface area contributed by atoms with E-state index in [0.29, 0.717) is 0 Å². The third-order valence-corrected chi connectivity index (χ3v) is 3.64. The number of amides is 1. The first-order valence-electron chi connectivity index (χ1n) is 6.58. The van der Waals surface area contributed by atoms with Crippen LogP contribution in [0.25, 0.3) is 0 Å². The highest BCUT2D eigenvalue weighted by atomic mass is 16.8. The van der Waals surface area contributed by atoms with Gasteiger partial charge in [0.1, 0.15) is 24.1 Å². The number of ether oxygens (including phenoxy) is 3. The first-order valence-corrected chi connectivity index (χ1v) is 6.58. The van der Waals surface area contributed by atoms with Gasteiger partial charge in [-0.3, -0.25) is 9.36 Å². The molecule has 1 aromatic rings. The number of carbonyl (C=O) groups is 1. The molecule has 2 saturated heterocycles. The fourth-order valence-electron chi connectivity index (χ4n) is 2.79. The lowest BCUT2D eigenvalue weighted by Crippen LogP contribution is -2.31. The molecule has 2 fully saturated rings. The number of hydrogen-bond donors (Lipinski definition) is 3. The minimum Gasteiger partial charge on any atom is -0.394 e. The third kappa shape index (κ3) is 2.18. The number of hydrogen-bond acceptors (Lipinski definition) is 7. The molecular formula is C12H18N4O5. The lowest BCUT2D eigenvalue weighted by atomic mass is 10.1. The van der Waals surface area contributed by atoms with Gasteiger partial charge in [0.15, 0.2) is 17.7 Å². The fourth-order valence-corrected chi connectivity index (χ4v) is 2.79. The summed E-state index contributed by atoms with van der Waals surface area (Å²) in [6, 6.07) is 0. The van der Waals surface area contributed by atoms with Crippen molar-refractivity contribution in [2.75, 3.05) is 12.3 Å².